The molecule has 1 N–H and O–H groups in total. The lowest BCUT2D eigenvalue weighted by molar-refractivity contribution is 0.466. The van der Waals surface area contributed by atoms with Crippen molar-refractivity contribution in [3.8, 4) is 0 Å². The molecule has 1 aromatic rings. The fraction of sp³-hybridized carbons (Fsp3) is 0.700. The summed E-state index contributed by atoms with van der Waals surface area (Å²) in [5, 5.41) is 5.66. The van der Waals surface area contributed by atoms with Gasteiger partial charge in [-0.3, -0.25) is 0 Å². The average molecular weight is 230 g/mol. The molecule has 2 unspecified atom stereocenters. The van der Waals surface area contributed by atoms with E-state index in [0.29, 0.717) is 12.1 Å². The SMILES string of the molecule is CSCCC(C)NC(C)c1cscn1. The summed E-state index contributed by atoms with van der Waals surface area (Å²) in [6, 6.07) is 0.942. The molecule has 0 radical (unpaired) electrons. The minimum atomic E-state index is 0.373. The predicted octanol–water partition coefficient (Wildman–Crippen LogP) is 2.94. The van der Waals surface area contributed by atoms with E-state index in [-0.39, 0.29) is 0 Å². The van der Waals surface area contributed by atoms with Gasteiger partial charge in [-0.1, -0.05) is 0 Å². The highest BCUT2D eigenvalue weighted by Gasteiger charge is 2.10. The van der Waals surface area contributed by atoms with E-state index >= 15 is 0 Å². The molecule has 4 heteroatoms. The van der Waals surface area contributed by atoms with Gasteiger partial charge in [0.25, 0.3) is 0 Å². The van der Waals surface area contributed by atoms with E-state index in [1.54, 1.807) is 11.3 Å². The third-order valence-corrected chi connectivity index (χ3v) is 3.43. The Morgan fingerprint density at radius 3 is 2.93 bits per heavy atom. The molecule has 0 aliphatic carbocycles. The van der Waals surface area contributed by atoms with Crippen LogP contribution in [0.25, 0.3) is 0 Å². The summed E-state index contributed by atoms with van der Waals surface area (Å²) in [5.74, 6) is 1.22. The molecule has 80 valence electrons. The maximum absolute atomic E-state index is 4.30. The Hall–Kier alpha value is -0.0600. The van der Waals surface area contributed by atoms with Crippen LogP contribution in [0.4, 0.5) is 0 Å². The van der Waals surface area contributed by atoms with Crippen molar-refractivity contribution in [3.05, 3.63) is 16.6 Å². The zero-order chi connectivity index (χ0) is 10.4. The van der Waals surface area contributed by atoms with Gasteiger partial charge in [-0.05, 0) is 32.3 Å². The van der Waals surface area contributed by atoms with Crippen LogP contribution < -0.4 is 5.32 Å². The molecular weight excluding hydrogens is 212 g/mol. The lowest BCUT2D eigenvalue weighted by Crippen LogP contribution is -2.29. The van der Waals surface area contributed by atoms with Crippen LogP contribution in [0.15, 0.2) is 10.9 Å². The Kier molecular flexibility index (Phi) is 5.52. The van der Waals surface area contributed by atoms with E-state index in [4.69, 9.17) is 0 Å². The van der Waals surface area contributed by atoms with Crippen LogP contribution in [0.3, 0.4) is 0 Å². The van der Waals surface area contributed by atoms with Crippen molar-refractivity contribution in [2.75, 3.05) is 12.0 Å². The maximum atomic E-state index is 4.30. The molecule has 0 fully saturated rings. The highest BCUT2D eigenvalue weighted by Crippen LogP contribution is 2.13. The van der Waals surface area contributed by atoms with Crippen molar-refractivity contribution in [1.82, 2.24) is 10.3 Å². The van der Waals surface area contributed by atoms with E-state index in [0.717, 1.165) is 5.69 Å². The smallest absolute Gasteiger partial charge is 0.0795 e. The molecule has 0 bridgehead atoms. The molecule has 0 spiro atoms. The molecule has 0 aliphatic rings. The number of rotatable bonds is 6. The van der Waals surface area contributed by atoms with Crippen molar-refractivity contribution >= 4 is 23.1 Å². The van der Waals surface area contributed by atoms with Gasteiger partial charge in [-0.2, -0.15) is 11.8 Å². The second kappa shape index (κ2) is 6.43. The largest absolute Gasteiger partial charge is 0.306 e. The molecule has 2 nitrogen and oxygen atoms in total. The first-order valence-electron chi connectivity index (χ1n) is 4.87. The van der Waals surface area contributed by atoms with Crippen LogP contribution in [0.1, 0.15) is 32.0 Å². The molecule has 14 heavy (non-hydrogen) atoms. The van der Waals surface area contributed by atoms with Crippen molar-refractivity contribution in [1.29, 1.82) is 0 Å². The summed E-state index contributed by atoms with van der Waals surface area (Å²) in [6.07, 6.45) is 3.37. The standard InChI is InChI=1S/C10H18N2S2/c1-8(4-5-13-3)12-9(2)10-6-14-7-11-10/h6-9,12H,4-5H2,1-3H3. The van der Waals surface area contributed by atoms with Crippen LogP contribution in [0, 0.1) is 0 Å². The summed E-state index contributed by atoms with van der Waals surface area (Å²) < 4.78 is 0. The summed E-state index contributed by atoms with van der Waals surface area (Å²) >= 11 is 3.56. The summed E-state index contributed by atoms with van der Waals surface area (Å²) in [6.45, 7) is 4.41. The number of aromatic nitrogens is 1. The first kappa shape index (κ1) is 12.0. The normalized spacial score (nSPS) is 15.4. The topological polar surface area (TPSA) is 24.9 Å². The third kappa shape index (κ3) is 3.98. The second-order valence-electron chi connectivity index (χ2n) is 3.48. The average Bonchev–Trinajstić information content (AvgIpc) is 2.67. The van der Waals surface area contributed by atoms with Crippen LogP contribution in [-0.4, -0.2) is 23.0 Å². The van der Waals surface area contributed by atoms with Gasteiger partial charge in [0.1, 0.15) is 0 Å². The Balaban J connectivity index is 2.29. The zero-order valence-electron chi connectivity index (χ0n) is 8.99. The number of thioether (sulfide) groups is 1. The molecular formula is C10H18N2S2. The number of nitrogens with one attached hydrogen (secondary N) is 1. The molecule has 2 atom stereocenters. The van der Waals surface area contributed by atoms with Crippen molar-refractivity contribution in [2.24, 2.45) is 0 Å². The Morgan fingerprint density at radius 1 is 1.57 bits per heavy atom. The minimum absolute atomic E-state index is 0.373. The summed E-state index contributed by atoms with van der Waals surface area (Å²) in [7, 11) is 0. The van der Waals surface area contributed by atoms with Gasteiger partial charge in [-0.25, -0.2) is 4.98 Å². The van der Waals surface area contributed by atoms with Crippen molar-refractivity contribution < 1.29 is 0 Å². The van der Waals surface area contributed by atoms with Crippen LogP contribution in [-0.2, 0) is 0 Å². The Bertz CT molecular complexity index is 236. The molecule has 1 rings (SSSR count). The number of hydrogen-bond donors (Lipinski definition) is 1. The molecule has 1 heterocycles. The number of thiazole rings is 1. The second-order valence-corrected chi connectivity index (χ2v) is 5.19. The molecule has 0 saturated heterocycles. The van der Waals surface area contributed by atoms with Gasteiger partial charge in [0.05, 0.1) is 11.2 Å². The lowest BCUT2D eigenvalue weighted by Gasteiger charge is -2.18. The van der Waals surface area contributed by atoms with E-state index in [9.17, 15) is 0 Å². The first-order chi connectivity index (χ1) is 6.74. The third-order valence-electron chi connectivity index (χ3n) is 2.18. The Morgan fingerprint density at radius 2 is 2.36 bits per heavy atom. The molecule has 0 aliphatic heterocycles. The van der Waals surface area contributed by atoms with E-state index < -0.39 is 0 Å². The molecule has 0 saturated carbocycles. The summed E-state index contributed by atoms with van der Waals surface area (Å²) in [4.78, 5) is 4.30. The highest BCUT2D eigenvalue weighted by molar-refractivity contribution is 7.98. The quantitative estimate of drug-likeness (QED) is 0.813. The van der Waals surface area contributed by atoms with Crippen LogP contribution >= 0.6 is 23.1 Å². The number of hydrogen-bond acceptors (Lipinski definition) is 4. The Labute approximate surface area is 94.5 Å². The van der Waals surface area contributed by atoms with Crippen molar-refractivity contribution in [3.63, 3.8) is 0 Å². The monoisotopic (exact) mass is 230 g/mol. The maximum Gasteiger partial charge on any atom is 0.0795 e. The molecule has 0 aromatic carbocycles. The molecule has 1 aromatic heterocycles. The number of nitrogens with zero attached hydrogens (tertiary/aromatic N) is 1. The molecule has 0 amide bonds. The minimum Gasteiger partial charge on any atom is -0.306 e. The van der Waals surface area contributed by atoms with Crippen molar-refractivity contribution in [2.45, 2.75) is 32.4 Å². The van der Waals surface area contributed by atoms with Gasteiger partial charge in [-0.15, -0.1) is 11.3 Å². The zero-order valence-corrected chi connectivity index (χ0v) is 10.6. The highest BCUT2D eigenvalue weighted by atomic mass is 32.2. The van der Waals surface area contributed by atoms with E-state index in [1.165, 1.54) is 12.2 Å². The van der Waals surface area contributed by atoms with Gasteiger partial charge >= 0.3 is 0 Å². The van der Waals surface area contributed by atoms with Gasteiger partial charge in [0.15, 0.2) is 0 Å². The van der Waals surface area contributed by atoms with Gasteiger partial charge < -0.3 is 5.32 Å². The predicted molar refractivity (Wildman–Crippen MR) is 66.1 cm³/mol. The summed E-state index contributed by atoms with van der Waals surface area (Å²) in [5.41, 5.74) is 3.05. The lowest BCUT2D eigenvalue weighted by atomic mass is 10.2. The van der Waals surface area contributed by atoms with E-state index in [2.05, 4.69) is 35.8 Å². The van der Waals surface area contributed by atoms with Crippen LogP contribution in [0.2, 0.25) is 0 Å². The van der Waals surface area contributed by atoms with Gasteiger partial charge in [0.2, 0.25) is 0 Å². The van der Waals surface area contributed by atoms with Gasteiger partial charge in [0, 0.05) is 17.5 Å². The fourth-order valence-electron chi connectivity index (χ4n) is 1.33. The first-order valence-corrected chi connectivity index (χ1v) is 7.20. The van der Waals surface area contributed by atoms with Crippen LogP contribution in [0.5, 0.6) is 0 Å². The van der Waals surface area contributed by atoms with E-state index in [1.807, 2.05) is 17.3 Å². The fourth-order valence-corrected chi connectivity index (χ4v) is 2.56.